The molecular weight excluding hydrogens is 435 g/mol. The van der Waals surface area contributed by atoms with E-state index in [9.17, 15) is 36.0 Å². The standard InChI is InChI=1S/C16H16F3N3O7S/c1-28-15(25)22(30(2,26)27)21-13(23)9-6-8(12-4-3-5-29-12)10(16(17,18)19)7-11(9)20-14(21)24/h6-7,12H,3-5H2,1-2H3,(H,20,24). The summed E-state index contributed by atoms with van der Waals surface area (Å²) in [6, 6.07) is 1.48. The first-order valence-corrected chi connectivity index (χ1v) is 10.3. The van der Waals surface area contributed by atoms with E-state index < -0.39 is 56.1 Å². The number of aromatic nitrogens is 2. The lowest BCUT2D eigenvalue weighted by molar-refractivity contribution is -0.139. The van der Waals surface area contributed by atoms with Gasteiger partial charge in [-0.3, -0.25) is 4.79 Å². The summed E-state index contributed by atoms with van der Waals surface area (Å²) in [4.78, 5) is 39.2. The molecule has 1 N–H and O–H groups in total. The molecule has 1 amide bonds. The number of nitrogens with one attached hydrogen (secondary N) is 1. The van der Waals surface area contributed by atoms with Crippen LogP contribution in [-0.4, -0.2) is 44.1 Å². The van der Waals surface area contributed by atoms with Crippen molar-refractivity contribution >= 4 is 27.0 Å². The molecule has 1 aromatic carbocycles. The van der Waals surface area contributed by atoms with Crippen molar-refractivity contribution in [2.45, 2.75) is 25.1 Å². The van der Waals surface area contributed by atoms with Crippen LogP contribution in [0, 0.1) is 0 Å². The largest absolute Gasteiger partial charge is 0.451 e. The molecule has 14 heteroatoms. The Morgan fingerprint density at radius 1 is 1.33 bits per heavy atom. The maximum absolute atomic E-state index is 13.6. The summed E-state index contributed by atoms with van der Waals surface area (Å²) in [6.45, 7) is 0.236. The second-order valence-electron chi connectivity index (χ2n) is 6.51. The van der Waals surface area contributed by atoms with Crippen molar-refractivity contribution in [1.82, 2.24) is 9.66 Å². The van der Waals surface area contributed by atoms with Crippen molar-refractivity contribution in [3.63, 3.8) is 0 Å². The lowest BCUT2D eigenvalue weighted by atomic mass is 9.97. The van der Waals surface area contributed by atoms with Crippen molar-refractivity contribution in [3.05, 3.63) is 44.1 Å². The summed E-state index contributed by atoms with van der Waals surface area (Å²) < 4.78 is 74.0. The predicted molar refractivity (Wildman–Crippen MR) is 97.2 cm³/mol. The van der Waals surface area contributed by atoms with Crippen LogP contribution in [0.1, 0.15) is 30.1 Å². The lowest BCUT2D eigenvalue weighted by Crippen LogP contribution is -2.55. The lowest BCUT2D eigenvalue weighted by Gasteiger charge is -2.21. The van der Waals surface area contributed by atoms with Gasteiger partial charge in [-0.1, -0.05) is 4.41 Å². The molecule has 0 radical (unpaired) electrons. The minimum absolute atomic E-state index is 0.0456. The first-order valence-electron chi connectivity index (χ1n) is 8.46. The third-order valence-electron chi connectivity index (χ3n) is 4.46. The number of hydrogen-bond donors (Lipinski definition) is 1. The number of fused-ring (bicyclic) bond motifs is 1. The molecule has 0 bridgehead atoms. The van der Waals surface area contributed by atoms with Crippen LogP contribution in [0.3, 0.4) is 0 Å². The fourth-order valence-corrected chi connectivity index (χ4v) is 4.00. The molecular formula is C16H16F3N3O7S. The molecule has 1 aromatic heterocycles. The number of ether oxygens (including phenoxy) is 2. The van der Waals surface area contributed by atoms with Gasteiger partial charge in [0.15, 0.2) is 0 Å². The molecule has 1 saturated heterocycles. The van der Waals surface area contributed by atoms with E-state index in [1.807, 2.05) is 4.98 Å². The van der Waals surface area contributed by atoms with Gasteiger partial charge in [-0.15, -0.1) is 4.68 Å². The van der Waals surface area contributed by atoms with E-state index in [0.717, 1.165) is 13.2 Å². The second kappa shape index (κ2) is 7.43. The average molecular weight is 451 g/mol. The maximum atomic E-state index is 13.6. The van der Waals surface area contributed by atoms with Crippen LogP contribution >= 0.6 is 0 Å². The third-order valence-corrected chi connectivity index (χ3v) is 5.40. The Kier molecular flexibility index (Phi) is 5.41. The number of halogens is 3. The van der Waals surface area contributed by atoms with E-state index in [1.165, 1.54) is 0 Å². The number of hydrogen-bond acceptors (Lipinski definition) is 7. The minimum atomic E-state index is -4.80. The zero-order valence-electron chi connectivity index (χ0n) is 15.6. The van der Waals surface area contributed by atoms with Crippen molar-refractivity contribution in [2.24, 2.45) is 0 Å². The van der Waals surface area contributed by atoms with Crippen molar-refractivity contribution in [3.8, 4) is 0 Å². The minimum Gasteiger partial charge on any atom is -0.451 e. The highest BCUT2D eigenvalue weighted by atomic mass is 32.2. The summed E-state index contributed by atoms with van der Waals surface area (Å²) >= 11 is 0. The fraction of sp³-hybridized carbons (Fsp3) is 0.438. The SMILES string of the molecule is COC(=O)N(n1c(=O)[nH]c2cc(C(F)(F)F)c(C3CCCO3)cc2c1=O)S(C)(=O)=O. The molecule has 0 spiro atoms. The molecule has 0 aliphatic carbocycles. The van der Waals surface area contributed by atoms with E-state index in [4.69, 9.17) is 4.74 Å². The van der Waals surface area contributed by atoms with E-state index in [0.29, 0.717) is 18.7 Å². The van der Waals surface area contributed by atoms with Crippen molar-refractivity contribution < 1.29 is 35.9 Å². The summed E-state index contributed by atoms with van der Waals surface area (Å²) in [5.74, 6) is 0. The summed E-state index contributed by atoms with van der Waals surface area (Å²) in [7, 11) is -3.68. The highest BCUT2D eigenvalue weighted by Gasteiger charge is 2.38. The Bertz CT molecular complexity index is 1230. The summed E-state index contributed by atoms with van der Waals surface area (Å²) in [6.07, 6.45) is -5.95. The monoisotopic (exact) mass is 451 g/mol. The third kappa shape index (κ3) is 3.79. The molecule has 1 unspecified atom stereocenters. The number of carbonyl (C=O) groups is 1. The van der Waals surface area contributed by atoms with E-state index in [1.54, 1.807) is 0 Å². The van der Waals surface area contributed by atoms with E-state index in [2.05, 4.69) is 4.74 Å². The molecule has 1 atom stereocenters. The number of methoxy groups -OCH3 is 1. The number of alkyl halides is 3. The Hall–Kier alpha value is -2.87. The van der Waals surface area contributed by atoms with Crippen LogP contribution in [0.25, 0.3) is 10.9 Å². The molecule has 30 heavy (non-hydrogen) atoms. The number of H-pyrrole nitrogens is 1. The van der Waals surface area contributed by atoms with Crippen LogP contribution in [0.4, 0.5) is 18.0 Å². The quantitative estimate of drug-likeness (QED) is 0.743. The summed E-state index contributed by atoms with van der Waals surface area (Å²) in [5, 5.41) is -0.439. The zero-order valence-corrected chi connectivity index (χ0v) is 16.5. The normalized spacial score (nSPS) is 17.3. The number of nitrogens with zero attached hydrogens (tertiary/aromatic N) is 2. The molecule has 1 aliphatic rings. The first kappa shape index (κ1) is 21.8. The van der Waals surface area contributed by atoms with Gasteiger partial charge in [-0.2, -0.15) is 13.2 Å². The first-order chi connectivity index (χ1) is 13.9. The van der Waals surface area contributed by atoms with E-state index >= 15 is 0 Å². The van der Waals surface area contributed by atoms with Crippen LogP contribution in [0.2, 0.25) is 0 Å². The van der Waals surface area contributed by atoms with Gasteiger partial charge in [0.25, 0.3) is 15.6 Å². The molecule has 3 rings (SSSR count). The Labute approximate surface area is 166 Å². The number of amides is 1. The molecule has 1 aliphatic heterocycles. The number of aromatic amines is 1. The average Bonchev–Trinajstić information content (AvgIpc) is 3.16. The van der Waals surface area contributed by atoms with Crippen LogP contribution in [0.15, 0.2) is 21.7 Å². The Balaban J connectivity index is 2.38. The van der Waals surface area contributed by atoms with E-state index in [-0.39, 0.29) is 27.7 Å². The second-order valence-corrected chi connectivity index (χ2v) is 8.32. The number of benzene rings is 1. The van der Waals surface area contributed by atoms with Gasteiger partial charge in [0.1, 0.15) is 0 Å². The highest BCUT2D eigenvalue weighted by Crippen LogP contribution is 2.40. The number of sulfonamides is 1. The summed E-state index contributed by atoms with van der Waals surface area (Å²) in [5.41, 5.74) is -4.66. The molecule has 1 fully saturated rings. The van der Waals surface area contributed by atoms with Gasteiger partial charge in [-0.25, -0.2) is 18.0 Å². The number of rotatable bonds is 3. The van der Waals surface area contributed by atoms with Gasteiger partial charge in [-0.05, 0) is 30.5 Å². The van der Waals surface area contributed by atoms with Crippen molar-refractivity contribution in [2.75, 3.05) is 24.4 Å². The van der Waals surface area contributed by atoms with Gasteiger partial charge < -0.3 is 14.5 Å². The van der Waals surface area contributed by atoms with Crippen LogP contribution in [-0.2, 0) is 25.7 Å². The topological polar surface area (TPSA) is 128 Å². The fourth-order valence-electron chi connectivity index (χ4n) is 3.21. The van der Waals surface area contributed by atoms with Gasteiger partial charge >= 0.3 is 18.0 Å². The Morgan fingerprint density at radius 2 is 2.00 bits per heavy atom. The maximum Gasteiger partial charge on any atom is 0.443 e. The molecule has 2 heterocycles. The highest BCUT2D eigenvalue weighted by molar-refractivity contribution is 7.92. The van der Waals surface area contributed by atoms with Crippen molar-refractivity contribution in [1.29, 1.82) is 0 Å². The Morgan fingerprint density at radius 3 is 2.50 bits per heavy atom. The zero-order chi connectivity index (χ0) is 22.4. The van der Waals surface area contributed by atoms with Gasteiger partial charge in [0, 0.05) is 6.61 Å². The molecule has 10 nitrogen and oxygen atoms in total. The molecule has 0 saturated carbocycles. The molecule has 2 aromatic rings. The molecule has 164 valence electrons. The van der Waals surface area contributed by atoms with Crippen LogP contribution in [0.5, 0.6) is 0 Å². The van der Waals surface area contributed by atoms with Crippen LogP contribution < -0.4 is 15.7 Å². The number of carbonyl (C=O) groups excluding carboxylic acids is 1. The van der Waals surface area contributed by atoms with Gasteiger partial charge in [0.2, 0.25) is 0 Å². The predicted octanol–water partition coefficient (Wildman–Crippen LogP) is 1.22. The smallest absolute Gasteiger partial charge is 0.443 e. The van der Waals surface area contributed by atoms with Gasteiger partial charge in [0.05, 0.1) is 35.9 Å².